The van der Waals surface area contributed by atoms with E-state index in [9.17, 15) is 0 Å². The van der Waals surface area contributed by atoms with Crippen LogP contribution in [0, 0.1) is 13.8 Å². The van der Waals surface area contributed by atoms with E-state index in [-0.39, 0.29) is 7.92 Å². The molecule has 24 heavy (non-hydrogen) atoms. The van der Waals surface area contributed by atoms with E-state index in [1.807, 2.05) is 0 Å². The summed E-state index contributed by atoms with van der Waals surface area (Å²) in [4.78, 5) is 0. The zero-order valence-corrected chi connectivity index (χ0v) is 19.3. The molecule has 0 saturated heterocycles. The van der Waals surface area contributed by atoms with Crippen molar-refractivity contribution >= 4 is 20.1 Å². The first-order valence-corrected chi connectivity index (χ1v) is 15.0. The molecule has 0 saturated carbocycles. The molecule has 0 spiro atoms. The summed E-state index contributed by atoms with van der Waals surface area (Å²) in [5, 5.41) is 1.75. The van der Waals surface area contributed by atoms with Crippen LogP contribution < -0.4 is 0 Å². The number of hydrogen-bond donors (Lipinski definition) is 0. The van der Waals surface area contributed by atoms with Gasteiger partial charge in [0, 0.05) is 0 Å². The van der Waals surface area contributed by atoms with Gasteiger partial charge in [0.1, 0.15) is 0 Å². The normalized spacial score (nSPS) is 21.0. The molecule has 2 aliphatic rings. The van der Waals surface area contributed by atoms with Gasteiger partial charge in [-0.2, -0.15) is 0 Å². The Morgan fingerprint density at radius 1 is 0.958 bits per heavy atom. The van der Waals surface area contributed by atoms with Crippen molar-refractivity contribution in [3.63, 3.8) is 0 Å². The zero-order chi connectivity index (χ0) is 16.8. The minimum atomic E-state index is -0.930. The number of hydrogen-bond acceptors (Lipinski definition) is 0. The predicted octanol–water partition coefficient (Wildman–Crippen LogP) is 6.29. The Kier molecular flexibility index (Phi) is 4.52. The van der Waals surface area contributed by atoms with Gasteiger partial charge in [-0.05, 0) is 0 Å². The van der Waals surface area contributed by atoms with Crippen molar-refractivity contribution in [3.05, 3.63) is 81.2 Å². The van der Waals surface area contributed by atoms with E-state index in [0.717, 1.165) is 7.35 Å². The van der Waals surface area contributed by atoms with Crippen LogP contribution in [0.3, 0.4) is 0 Å². The van der Waals surface area contributed by atoms with Crippen LogP contribution >= 0.6 is 7.92 Å². The minimum absolute atomic E-state index is 0.00301. The van der Waals surface area contributed by atoms with E-state index in [0.29, 0.717) is 0 Å². The molecular formula is C22H23HfP. The van der Waals surface area contributed by atoms with Gasteiger partial charge in [-0.1, -0.05) is 0 Å². The van der Waals surface area contributed by atoms with Crippen LogP contribution in [-0.2, 0) is 22.9 Å². The van der Waals surface area contributed by atoms with E-state index in [1.165, 1.54) is 22.3 Å². The summed E-state index contributed by atoms with van der Waals surface area (Å²) in [5.74, 6) is 0. The number of rotatable bonds is 3. The van der Waals surface area contributed by atoms with Crippen molar-refractivity contribution in [2.24, 2.45) is 0 Å². The van der Waals surface area contributed by atoms with Crippen molar-refractivity contribution < 1.29 is 22.9 Å². The molecule has 0 fully saturated rings. The third-order valence-corrected chi connectivity index (χ3v) is 14.0. The van der Waals surface area contributed by atoms with Gasteiger partial charge >= 0.3 is 159 Å². The summed E-state index contributed by atoms with van der Waals surface area (Å²) in [5.41, 5.74) is 9.21. The van der Waals surface area contributed by atoms with Crippen molar-refractivity contribution in [1.82, 2.24) is 0 Å². The molecule has 0 N–H and O–H groups in total. The number of allylic oxidation sites excluding steroid dienone is 2. The van der Waals surface area contributed by atoms with Crippen molar-refractivity contribution in [2.75, 3.05) is 13.3 Å². The first kappa shape index (κ1) is 16.7. The SMILES string of the molecule is Cc1ccc(C)c2c1C=C[CH]2[Hf][CH]1C(P(C)C)=Cc2ccccc21. The van der Waals surface area contributed by atoms with Crippen LogP contribution in [0.25, 0.3) is 12.2 Å². The summed E-state index contributed by atoms with van der Waals surface area (Å²) in [6.07, 6.45) is 7.45. The van der Waals surface area contributed by atoms with Crippen LogP contribution in [0.1, 0.15) is 40.7 Å². The molecule has 0 aromatic heterocycles. The number of benzene rings is 2. The van der Waals surface area contributed by atoms with Crippen LogP contribution in [0.5, 0.6) is 0 Å². The summed E-state index contributed by atoms with van der Waals surface area (Å²) < 4.78 is 1.53. The Bertz CT molecular complexity index is 860. The van der Waals surface area contributed by atoms with Gasteiger partial charge < -0.3 is 0 Å². The maximum absolute atomic E-state index is 2.53. The molecule has 2 heteroatoms. The Morgan fingerprint density at radius 3 is 2.50 bits per heavy atom. The van der Waals surface area contributed by atoms with Crippen LogP contribution in [0.4, 0.5) is 0 Å². The van der Waals surface area contributed by atoms with E-state index in [1.54, 1.807) is 16.4 Å². The summed E-state index contributed by atoms with van der Waals surface area (Å²) in [6.45, 7) is 9.41. The fourth-order valence-electron chi connectivity index (χ4n) is 3.97. The Labute approximate surface area is 158 Å². The van der Waals surface area contributed by atoms with Gasteiger partial charge in [0.25, 0.3) is 0 Å². The van der Waals surface area contributed by atoms with E-state index < -0.39 is 22.9 Å². The monoisotopic (exact) mass is 498 g/mol. The molecule has 2 aliphatic carbocycles. The second kappa shape index (κ2) is 6.50. The number of fused-ring (bicyclic) bond motifs is 2. The van der Waals surface area contributed by atoms with Crippen LogP contribution in [0.15, 0.2) is 47.8 Å². The Hall–Kier alpha value is -0.780. The van der Waals surface area contributed by atoms with Gasteiger partial charge in [-0.3, -0.25) is 0 Å². The summed E-state index contributed by atoms with van der Waals surface area (Å²) >= 11 is -0.930. The molecule has 4 rings (SSSR count). The molecule has 0 radical (unpaired) electrons. The molecule has 0 amide bonds. The quantitative estimate of drug-likeness (QED) is 0.346. The molecular weight excluding hydrogens is 474 g/mol. The third kappa shape index (κ3) is 2.74. The molecule has 120 valence electrons. The van der Waals surface area contributed by atoms with Crippen molar-refractivity contribution in [3.8, 4) is 0 Å². The third-order valence-electron chi connectivity index (χ3n) is 5.26. The zero-order valence-electron chi connectivity index (χ0n) is 14.8. The Balaban J connectivity index is 1.72. The molecule has 0 nitrogen and oxygen atoms in total. The summed E-state index contributed by atoms with van der Waals surface area (Å²) in [7, 11) is -0.00301. The Morgan fingerprint density at radius 2 is 1.71 bits per heavy atom. The molecule has 2 unspecified atom stereocenters. The molecule has 2 aromatic carbocycles. The van der Waals surface area contributed by atoms with Crippen molar-refractivity contribution in [2.45, 2.75) is 21.2 Å². The molecule has 2 atom stereocenters. The van der Waals surface area contributed by atoms with E-state index >= 15 is 0 Å². The van der Waals surface area contributed by atoms with Gasteiger partial charge in [0.05, 0.1) is 0 Å². The van der Waals surface area contributed by atoms with Gasteiger partial charge in [-0.25, -0.2) is 0 Å². The predicted molar refractivity (Wildman–Crippen MR) is 104 cm³/mol. The standard InChI is InChI=1S/C11H12P.C11H11.Hf/c1-12(2)11-7-9-5-3-4-6-10(9)8-11;1-8-6-7-9(2)11-5-3-4-10(8)11;/h3-8H,1-2H3;3-7H,1-2H3;. The first-order chi connectivity index (χ1) is 11.6. The first-order valence-electron chi connectivity index (χ1n) is 8.58. The second-order valence-corrected chi connectivity index (χ2v) is 14.9. The van der Waals surface area contributed by atoms with Gasteiger partial charge in [0.15, 0.2) is 0 Å². The molecule has 0 bridgehead atoms. The van der Waals surface area contributed by atoms with Crippen LogP contribution in [0.2, 0.25) is 0 Å². The van der Waals surface area contributed by atoms with Gasteiger partial charge in [0.2, 0.25) is 0 Å². The fourth-order valence-corrected chi connectivity index (χ4v) is 14.9. The van der Waals surface area contributed by atoms with E-state index in [2.05, 4.69) is 81.8 Å². The van der Waals surface area contributed by atoms with E-state index in [4.69, 9.17) is 0 Å². The molecule has 0 heterocycles. The maximum atomic E-state index is 2.53. The molecule has 2 aromatic rings. The average Bonchev–Trinajstić information content (AvgIpc) is 3.15. The summed E-state index contributed by atoms with van der Waals surface area (Å²) in [6, 6.07) is 13.7. The second-order valence-electron chi connectivity index (χ2n) is 7.06. The van der Waals surface area contributed by atoms with Gasteiger partial charge in [-0.15, -0.1) is 0 Å². The fraction of sp³-hybridized carbons (Fsp3) is 0.273. The van der Waals surface area contributed by atoms with Crippen molar-refractivity contribution in [1.29, 1.82) is 0 Å². The topological polar surface area (TPSA) is 0 Å². The average molecular weight is 497 g/mol. The number of aryl methyl sites for hydroxylation is 2. The van der Waals surface area contributed by atoms with Crippen LogP contribution in [-0.4, -0.2) is 13.3 Å². The molecule has 0 aliphatic heterocycles.